The van der Waals surface area contributed by atoms with E-state index in [2.05, 4.69) is 80.5 Å². The number of hydrogen-bond donors (Lipinski definition) is 0. The molecular formula is C38H24N8OPt. The smallest absolute Gasteiger partial charge is 0.573 e. The first-order chi connectivity index (χ1) is 22.8. The molecule has 10 heteroatoms. The van der Waals surface area contributed by atoms with Crippen LogP contribution in [0, 0.1) is 30.5 Å². The number of para-hydroxylation sites is 1. The summed E-state index contributed by atoms with van der Waals surface area (Å²) in [5, 5.41) is 20.4. The van der Waals surface area contributed by atoms with Gasteiger partial charge in [0.25, 0.3) is 0 Å². The van der Waals surface area contributed by atoms with Crippen molar-refractivity contribution in [3.8, 4) is 46.2 Å². The minimum Gasteiger partial charge on any atom is -0.573 e. The second-order valence-electron chi connectivity index (χ2n) is 11.9. The van der Waals surface area contributed by atoms with Crippen molar-refractivity contribution in [1.82, 2.24) is 24.7 Å². The number of ether oxygens (including phenoxy) is 1. The van der Waals surface area contributed by atoms with E-state index in [1.165, 1.54) is 17.7 Å². The molecule has 3 aromatic carbocycles. The van der Waals surface area contributed by atoms with Crippen LogP contribution in [-0.2, 0) is 26.5 Å². The van der Waals surface area contributed by atoms with Crippen LogP contribution in [0.1, 0.15) is 31.9 Å². The number of nitriles is 1. The third-order valence-corrected chi connectivity index (χ3v) is 7.87. The summed E-state index contributed by atoms with van der Waals surface area (Å²) >= 11 is 0. The summed E-state index contributed by atoms with van der Waals surface area (Å²) in [7, 11) is 0. The van der Waals surface area contributed by atoms with Gasteiger partial charge in [0.05, 0.1) is 24.9 Å². The van der Waals surface area contributed by atoms with Crippen molar-refractivity contribution in [2.24, 2.45) is 0 Å². The van der Waals surface area contributed by atoms with E-state index in [-0.39, 0.29) is 43.4 Å². The van der Waals surface area contributed by atoms with E-state index in [0.717, 1.165) is 27.6 Å². The second-order valence-corrected chi connectivity index (χ2v) is 11.9. The summed E-state index contributed by atoms with van der Waals surface area (Å²) in [6, 6.07) is 31.7. The van der Waals surface area contributed by atoms with Crippen LogP contribution in [0.15, 0.2) is 91.1 Å². The fraction of sp³-hybridized carbons (Fsp3) is 0.105. The zero-order valence-corrected chi connectivity index (χ0v) is 28.2. The first-order valence-electron chi connectivity index (χ1n) is 14.7. The van der Waals surface area contributed by atoms with Crippen molar-refractivity contribution >= 4 is 33.2 Å². The summed E-state index contributed by atoms with van der Waals surface area (Å²) in [4.78, 5) is 16.3. The van der Waals surface area contributed by atoms with E-state index < -0.39 is 0 Å². The largest absolute Gasteiger partial charge is 2.00 e. The molecule has 0 aliphatic carbocycles. The van der Waals surface area contributed by atoms with Gasteiger partial charge >= 0.3 is 21.1 Å². The van der Waals surface area contributed by atoms with E-state index in [0.29, 0.717) is 34.3 Å². The molecule has 7 rings (SSSR count). The minimum absolute atomic E-state index is 0. The van der Waals surface area contributed by atoms with Crippen LogP contribution in [0.25, 0.3) is 60.0 Å². The van der Waals surface area contributed by atoms with Crippen LogP contribution in [-0.4, -0.2) is 19.6 Å². The van der Waals surface area contributed by atoms with E-state index in [1.54, 1.807) is 24.3 Å². The molecule has 0 fully saturated rings. The number of aromatic nitrogens is 5. The van der Waals surface area contributed by atoms with Crippen molar-refractivity contribution in [2.75, 3.05) is 0 Å². The van der Waals surface area contributed by atoms with Gasteiger partial charge in [-0.05, 0) is 46.7 Å². The van der Waals surface area contributed by atoms with Crippen molar-refractivity contribution in [3.63, 3.8) is 0 Å². The molecule has 9 nitrogen and oxygen atoms in total. The Hall–Kier alpha value is -6.07. The maximum absolute atomic E-state index is 9.71. The molecule has 0 saturated carbocycles. The van der Waals surface area contributed by atoms with Gasteiger partial charge in [0.2, 0.25) is 5.88 Å². The third kappa shape index (κ3) is 5.71. The van der Waals surface area contributed by atoms with Crippen LogP contribution >= 0.6 is 0 Å². The minimum atomic E-state index is -0.0434. The summed E-state index contributed by atoms with van der Waals surface area (Å²) in [5.74, 6) is 1.61. The Morgan fingerprint density at radius 2 is 1.75 bits per heavy atom. The first kappa shape index (κ1) is 31.9. The number of pyridine rings is 2. The molecule has 4 heterocycles. The van der Waals surface area contributed by atoms with Gasteiger partial charge in [0, 0.05) is 40.4 Å². The molecule has 0 saturated heterocycles. The number of fused-ring (bicyclic) bond motifs is 3. The standard InChI is InChI=1S/C38H24N8O.Pt/c1-38(2,3)24-15-16-42-35(18-24)46-33-11-7-6-9-27(33)28-14-13-26(20-34(28)46)47-36-12-8-10-29(43-36)30-21-32(45-44-30)37-23(22-39)17-25(40-4)19-31(37)41-5;/h6-19,21H,1-3H3;/q-2;+2. The Kier molecular flexibility index (Phi) is 8.38. The monoisotopic (exact) mass is 803 g/mol. The van der Waals surface area contributed by atoms with Crippen LogP contribution < -0.4 is 9.84 Å². The van der Waals surface area contributed by atoms with Gasteiger partial charge in [0.15, 0.2) is 11.4 Å². The molecule has 0 bridgehead atoms. The quantitative estimate of drug-likeness (QED) is 0.161. The predicted octanol–water partition coefficient (Wildman–Crippen LogP) is 9.12. The van der Waals surface area contributed by atoms with Crippen LogP contribution in [0.5, 0.6) is 11.6 Å². The summed E-state index contributed by atoms with van der Waals surface area (Å²) in [6.07, 6.45) is 1.84. The normalized spacial score (nSPS) is 11.0. The SMILES string of the molecule is [C-]#[N+]c1cc(C#N)c(-c2cc(-c3cccc(Oc4[c-]c5c(cc4)c4ccccc4n5-c4cc(C(C)(C)C)ccn4)n3)[n-]n2)c([N+]#[C-])c1.[Pt+2]. The van der Waals surface area contributed by atoms with Crippen molar-refractivity contribution in [1.29, 1.82) is 5.26 Å². The van der Waals surface area contributed by atoms with Crippen molar-refractivity contribution in [2.45, 2.75) is 26.2 Å². The molecule has 232 valence electrons. The summed E-state index contributed by atoms with van der Waals surface area (Å²) in [5.41, 5.74) is 5.18. The van der Waals surface area contributed by atoms with E-state index in [1.807, 2.05) is 36.5 Å². The number of hydrogen-bond acceptors (Lipinski definition) is 5. The number of rotatable bonds is 5. The zero-order chi connectivity index (χ0) is 32.7. The molecule has 0 spiro atoms. The number of nitrogens with zero attached hydrogens (tertiary/aromatic N) is 8. The molecule has 0 aliphatic heterocycles. The van der Waals surface area contributed by atoms with Gasteiger partial charge < -0.3 is 19.5 Å². The van der Waals surface area contributed by atoms with Crippen molar-refractivity contribution in [3.05, 3.63) is 131 Å². The molecule has 0 unspecified atom stereocenters. The van der Waals surface area contributed by atoms with Gasteiger partial charge in [0.1, 0.15) is 5.82 Å². The maximum atomic E-state index is 9.71. The van der Waals surface area contributed by atoms with Gasteiger partial charge in [-0.25, -0.2) is 19.7 Å². The molecule has 48 heavy (non-hydrogen) atoms. The van der Waals surface area contributed by atoms with Gasteiger partial charge in [-0.15, -0.1) is 17.5 Å². The Labute approximate surface area is 291 Å². The Bertz CT molecular complexity index is 2450. The molecular weight excluding hydrogens is 780 g/mol. The molecule has 0 atom stereocenters. The average molecular weight is 804 g/mol. The van der Waals surface area contributed by atoms with Crippen LogP contribution in [0.3, 0.4) is 0 Å². The first-order valence-corrected chi connectivity index (χ1v) is 14.7. The summed E-state index contributed by atoms with van der Waals surface area (Å²) < 4.78 is 8.35. The van der Waals surface area contributed by atoms with Crippen LogP contribution in [0.4, 0.5) is 11.4 Å². The summed E-state index contributed by atoms with van der Waals surface area (Å²) in [6.45, 7) is 21.4. The molecule has 0 N–H and O–H groups in total. The zero-order valence-electron chi connectivity index (χ0n) is 26.0. The maximum Gasteiger partial charge on any atom is 2.00 e. The number of benzene rings is 3. The van der Waals surface area contributed by atoms with Crippen LogP contribution in [0.2, 0.25) is 0 Å². The fourth-order valence-corrected chi connectivity index (χ4v) is 5.57. The van der Waals surface area contributed by atoms with E-state index in [9.17, 15) is 5.26 Å². The molecule has 7 aromatic rings. The molecule has 4 aromatic heterocycles. The van der Waals surface area contributed by atoms with Crippen molar-refractivity contribution < 1.29 is 25.8 Å². The average Bonchev–Trinajstić information content (AvgIpc) is 3.70. The predicted molar refractivity (Wildman–Crippen MR) is 180 cm³/mol. The fourth-order valence-electron chi connectivity index (χ4n) is 5.57. The topological polar surface area (TPSA) is 99.4 Å². The Morgan fingerprint density at radius 1 is 0.917 bits per heavy atom. The van der Waals surface area contributed by atoms with E-state index >= 15 is 0 Å². The molecule has 0 amide bonds. The second kappa shape index (κ2) is 12.6. The van der Waals surface area contributed by atoms with E-state index in [4.69, 9.17) is 22.9 Å². The Morgan fingerprint density at radius 3 is 2.52 bits per heavy atom. The third-order valence-electron chi connectivity index (χ3n) is 7.87. The van der Waals surface area contributed by atoms with Gasteiger partial charge in [-0.3, -0.25) is 0 Å². The van der Waals surface area contributed by atoms with Gasteiger partial charge in [-0.1, -0.05) is 68.4 Å². The molecule has 0 radical (unpaired) electrons. The Balaban J connectivity index is 0.00000401. The van der Waals surface area contributed by atoms with Gasteiger partial charge in [-0.2, -0.15) is 11.3 Å². The molecule has 0 aliphatic rings.